The summed E-state index contributed by atoms with van der Waals surface area (Å²) in [6.07, 6.45) is 8.62. The minimum Gasteiger partial charge on any atom is -0.493 e. The van der Waals surface area contributed by atoms with E-state index in [0.717, 1.165) is 48.9 Å². The first-order valence-electron chi connectivity index (χ1n) is 12.4. The number of ether oxygens (including phenoxy) is 2. The van der Waals surface area contributed by atoms with E-state index >= 15 is 0 Å². The van der Waals surface area contributed by atoms with Gasteiger partial charge in [0.05, 0.1) is 23.5 Å². The molecule has 0 spiro atoms. The molecule has 1 amide bonds. The maximum Gasteiger partial charge on any atom is 0.284 e. The van der Waals surface area contributed by atoms with E-state index in [9.17, 15) is 17.6 Å². The number of halogens is 1. The fourth-order valence-electron chi connectivity index (χ4n) is 3.73. The predicted molar refractivity (Wildman–Crippen MR) is 146 cm³/mol. The molecule has 1 fully saturated rings. The number of amidine groups is 1. The minimum absolute atomic E-state index is 0.0520. The third kappa shape index (κ3) is 7.82. The molecule has 0 N–H and O–H groups in total. The van der Waals surface area contributed by atoms with Gasteiger partial charge in [-0.3, -0.25) is 9.69 Å². The molecule has 0 saturated carbocycles. The van der Waals surface area contributed by atoms with Crippen molar-refractivity contribution in [2.75, 3.05) is 20.3 Å². The second-order valence-electron chi connectivity index (χ2n) is 8.49. The molecule has 200 valence electrons. The first-order valence-corrected chi connectivity index (χ1v) is 14.7. The quantitative estimate of drug-likeness (QED) is 0.217. The van der Waals surface area contributed by atoms with E-state index in [1.54, 1.807) is 38.3 Å². The lowest BCUT2D eigenvalue weighted by molar-refractivity contribution is -0.122. The van der Waals surface area contributed by atoms with E-state index < -0.39 is 15.8 Å². The van der Waals surface area contributed by atoms with Gasteiger partial charge in [-0.1, -0.05) is 45.1 Å². The molecule has 37 heavy (non-hydrogen) atoms. The lowest BCUT2D eigenvalue weighted by Gasteiger charge is -2.12. The van der Waals surface area contributed by atoms with Crippen molar-refractivity contribution in [3.05, 3.63) is 58.8 Å². The molecule has 0 aliphatic carbocycles. The first-order chi connectivity index (χ1) is 17.8. The zero-order valence-electron chi connectivity index (χ0n) is 21.4. The fraction of sp³-hybridized carbons (Fsp3) is 0.407. The Morgan fingerprint density at radius 1 is 1.00 bits per heavy atom. The lowest BCUT2D eigenvalue weighted by atomic mass is 10.1. The number of benzene rings is 2. The Hall–Kier alpha value is -2.85. The number of carbonyl (C=O) groups excluding carboxylic acids is 1. The van der Waals surface area contributed by atoms with Crippen molar-refractivity contribution in [1.29, 1.82) is 0 Å². The summed E-state index contributed by atoms with van der Waals surface area (Å²) in [5.74, 6) is 0.292. The maximum atomic E-state index is 13.2. The zero-order valence-corrected chi connectivity index (χ0v) is 23.0. The molecule has 0 radical (unpaired) electrons. The fourth-order valence-corrected chi connectivity index (χ4v) is 5.97. The molecule has 0 atom stereocenters. The van der Waals surface area contributed by atoms with Crippen LogP contribution in [0.15, 0.2) is 56.7 Å². The van der Waals surface area contributed by atoms with Crippen LogP contribution in [0.1, 0.15) is 57.9 Å². The molecule has 7 nitrogen and oxygen atoms in total. The summed E-state index contributed by atoms with van der Waals surface area (Å²) in [5.41, 5.74) is 0.716. The van der Waals surface area contributed by atoms with Crippen molar-refractivity contribution in [2.45, 2.75) is 57.3 Å². The molecule has 0 aromatic heterocycles. The van der Waals surface area contributed by atoms with Crippen molar-refractivity contribution in [2.24, 2.45) is 4.40 Å². The number of likely N-dealkylation sites (N-methyl/N-ethyl adjacent to an activating group) is 1. The van der Waals surface area contributed by atoms with Crippen LogP contribution in [0, 0.1) is 5.82 Å². The minimum atomic E-state index is -4.12. The Bertz CT molecular complexity index is 1240. The summed E-state index contributed by atoms with van der Waals surface area (Å²) >= 11 is 0.980. The van der Waals surface area contributed by atoms with Crippen LogP contribution < -0.4 is 9.47 Å². The lowest BCUT2D eigenvalue weighted by Crippen LogP contribution is -2.29. The van der Waals surface area contributed by atoms with Gasteiger partial charge < -0.3 is 9.47 Å². The zero-order chi connectivity index (χ0) is 26.8. The third-order valence-corrected chi connectivity index (χ3v) is 8.16. The van der Waals surface area contributed by atoms with Crippen molar-refractivity contribution < 1.29 is 27.1 Å². The van der Waals surface area contributed by atoms with Crippen molar-refractivity contribution in [3.63, 3.8) is 0 Å². The average molecular weight is 549 g/mol. The number of hydrogen-bond donors (Lipinski definition) is 0. The highest BCUT2D eigenvalue weighted by Crippen LogP contribution is 2.35. The molecule has 3 rings (SSSR count). The summed E-state index contributed by atoms with van der Waals surface area (Å²) in [7, 11) is -2.54. The van der Waals surface area contributed by atoms with E-state index in [-0.39, 0.29) is 22.5 Å². The number of amides is 1. The largest absolute Gasteiger partial charge is 0.493 e. The number of thioether (sulfide) groups is 1. The molecular weight excluding hydrogens is 515 g/mol. The van der Waals surface area contributed by atoms with E-state index in [1.165, 1.54) is 30.6 Å². The SMILES string of the molecule is CCCCCCCCOc1cc(/C=C2\SC(=NS(=O)(=O)c3ccc(F)cc3)N(CC)C2=O)ccc1OC. The average Bonchev–Trinajstić information content (AvgIpc) is 3.16. The Balaban J connectivity index is 1.77. The normalized spacial score (nSPS) is 16.1. The number of nitrogens with zero attached hydrogens (tertiary/aromatic N) is 2. The van der Waals surface area contributed by atoms with Crippen molar-refractivity contribution in [1.82, 2.24) is 4.90 Å². The highest BCUT2D eigenvalue weighted by molar-refractivity contribution is 8.19. The first kappa shape index (κ1) is 28.7. The Kier molecular flexibility index (Phi) is 10.6. The number of carbonyl (C=O) groups is 1. The van der Waals surface area contributed by atoms with Gasteiger partial charge in [0.15, 0.2) is 16.7 Å². The highest BCUT2D eigenvalue weighted by atomic mass is 32.2. The maximum absolute atomic E-state index is 13.2. The summed E-state index contributed by atoms with van der Waals surface area (Å²) in [6.45, 7) is 4.75. The molecule has 1 aliphatic heterocycles. The van der Waals surface area contributed by atoms with Gasteiger partial charge in [0.1, 0.15) is 5.82 Å². The molecule has 1 saturated heterocycles. The molecule has 1 heterocycles. The highest BCUT2D eigenvalue weighted by Gasteiger charge is 2.34. The molecule has 10 heteroatoms. The van der Waals surface area contributed by atoms with E-state index in [0.29, 0.717) is 28.6 Å². The smallest absolute Gasteiger partial charge is 0.284 e. The second kappa shape index (κ2) is 13.6. The summed E-state index contributed by atoms with van der Waals surface area (Å²) in [5, 5.41) is 0.0520. The molecule has 0 unspecified atom stereocenters. The molecule has 0 bridgehead atoms. The van der Waals surface area contributed by atoms with E-state index in [2.05, 4.69) is 11.3 Å². The van der Waals surface area contributed by atoms with Gasteiger partial charge >= 0.3 is 0 Å². The monoisotopic (exact) mass is 548 g/mol. The summed E-state index contributed by atoms with van der Waals surface area (Å²) in [4.78, 5) is 14.5. The van der Waals surface area contributed by atoms with E-state index in [4.69, 9.17) is 9.47 Å². The van der Waals surface area contributed by atoms with Gasteiger partial charge in [0, 0.05) is 6.54 Å². The van der Waals surface area contributed by atoms with Crippen LogP contribution in [0.3, 0.4) is 0 Å². The van der Waals surface area contributed by atoms with Gasteiger partial charge in [-0.2, -0.15) is 8.42 Å². The number of methoxy groups -OCH3 is 1. The van der Waals surface area contributed by atoms with Gasteiger partial charge in [0.25, 0.3) is 15.9 Å². The van der Waals surface area contributed by atoms with Crippen LogP contribution in [-0.4, -0.2) is 44.7 Å². The second-order valence-corrected chi connectivity index (χ2v) is 11.1. The van der Waals surface area contributed by atoms with Gasteiger partial charge in [-0.15, -0.1) is 4.40 Å². The van der Waals surface area contributed by atoms with Crippen LogP contribution in [0.25, 0.3) is 6.08 Å². The van der Waals surface area contributed by atoms with Crippen molar-refractivity contribution >= 4 is 38.9 Å². The van der Waals surface area contributed by atoms with Crippen LogP contribution >= 0.6 is 11.8 Å². The summed E-state index contributed by atoms with van der Waals surface area (Å²) in [6, 6.07) is 9.78. The van der Waals surface area contributed by atoms with Gasteiger partial charge in [-0.05, 0) is 73.1 Å². The van der Waals surface area contributed by atoms with Gasteiger partial charge in [0.2, 0.25) is 0 Å². The topological polar surface area (TPSA) is 85.3 Å². The molecular formula is C27H33FN2O5S2. The Labute approximate surface area is 222 Å². The number of sulfonamides is 1. The third-order valence-electron chi connectivity index (χ3n) is 5.75. The van der Waals surface area contributed by atoms with Crippen molar-refractivity contribution in [3.8, 4) is 11.5 Å². The standard InChI is InChI=1S/C27H33FN2O5S2/c1-4-6-7-8-9-10-17-35-24-18-20(11-16-23(24)34-3)19-25-26(31)30(5-2)27(36-25)29-37(32,33)22-14-12-21(28)13-15-22/h11-16,18-19H,4-10,17H2,1-3H3/b25-19-,29-27?. The Morgan fingerprint density at radius 2 is 1.70 bits per heavy atom. The molecule has 1 aliphatic rings. The van der Waals surface area contributed by atoms with Crippen LogP contribution in [0.5, 0.6) is 11.5 Å². The van der Waals surface area contributed by atoms with Crippen LogP contribution in [0.4, 0.5) is 4.39 Å². The number of unbranched alkanes of at least 4 members (excludes halogenated alkanes) is 5. The Morgan fingerprint density at radius 3 is 2.38 bits per heavy atom. The van der Waals surface area contributed by atoms with E-state index in [1.807, 2.05) is 0 Å². The number of hydrogen-bond acceptors (Lipinski definition) is 6. The summed E-state index contributed by atoms with van der Waals surface area (Å²) < 4.78 is 53.9. The molecule has 2 aromatic carbocycles. The van der Waals surface area contributed by atoms with Crippen LogP contribution in [0.2, 0.25) is 0 Å². The van der Waals surface area contributed by atoms with Crippen LogP contribution in [-0.2, 0) is 14.8 Å². The predicted octanol–water partition coefficient (Wildman–Crippen LogP) is 6.25. The van der Waals surface area contributed by atoms with Gasteiger partial charge in [-0.25, -0.2) is 4.39 Å². The molecule has 2 aromatic rings. The number of rotatable bonds is 13.